The van der Waals surface area contributed by atoms with E-state index in [1.165, 1.54) is 0 Å². The van der Waals surface area contributed by atoms with Gasteiger partial charge in [-0.05, 0) is 78.6 Å². The van der Waals surface area contributed by atoms with E-state index in [2.05, 4.69) is 34.6 Å². The number of nitrogens with one attached hydrogen (secondary N) is 2. The minimum atomic E-state index is 0.229. The van der Waals surface area contributed by atoms with E-state index < -0.39 is 0 Å². The number of hydrogen-bond acceptors (Lipinski definition) is 4. The summed E-state index contributed by atoms with van der Waals surface area (Å²) in [6.45, 7) is 3.60. The molecule has 0 amide bonds. The Hall–Kier alpha value is -0.700. The fourth-order valence-corrected chi connectivity index (χ4v) is 1.92. The van der Waals surface area contributed by atoms with Gasteiger partial charge in [0.25, 0.3) is 0 Å². The highest BCUT2D eigenvalue weighted by Gasteiger charge is 2.09. The minimum Gasteiger partial charge on any atom is -0.375 e. The SMILES string of the molecule is CN(C)CCCNC(=S)N(CCCN(C)C)NC(N)=S. The number of hydrogen-bond donors (Lipinski definition) is 3. The zero-order chi connectivity index (χ0) is 15.5. The standard InChI is InChI=1S/C12H28N6S2/c1-16(2)8-5-7-14-12(20)18(15-11(13)19)10-6-9-17(3)4/h5-10H2,1-4H3,(H,14,20)(H3,13,15,19). The lowest BCUT2D eigenvalue weighted by molar-refractivity contribution is 0.322. The third-order valence-corrected chi connectivity index (χ3v) is 2.99. The summed E-state index contributed by atoms with van der Waals surface area (Å²) < 4.78 is 0. The first kappa shape index (κ1) is 19.3. The van der Waals surface area contributed by atoms with Crippen molar-refractivity contribution in [3.05, 3.63) is 0 Å². The van der Waals surface area contributed by atoms with Crippen LogP contribution in [0.4, 0.5) is 0 Å². The van der Waals surface area contributed by atoms with Crippen molar-refractivity contribution < 1.29 is 0 Å². The summed E-state index contributed by atoms with van der Waals surface area (Å²) >= 11 is 10.2. The molecule has 6 nitrogen and oxygen atoms in total. The van der Waals surface area contributed by atoms with Crippen molar-refractivity contribution in [1.29, 1.82) is 0 Å². The van der Waals surface area contributed by atoms with E-state index in [-0.39, 0.29) is 5.11 Å². The molecule has 0 aromatic carbocycles. The lowest BCUT2D eigenvalue weighted by Gasteiger charge is -2.27. The summed E-state index contributed by atoms with van der Waals surface area (Å²) in [5.74, 6) is 0. The number of nitrogens with two attached hydrogens (primary N) is 1. The van der Waals surface area contributed by atoms with Gasteiger partial charge in [-0.2, -0.15) is 0 Å². The van der Waals surface area contributed by atoms with Gasteiger partial charge in [-0.3, -0.25) is 10.4 Å². The lowest BCUT2D eigenvalue weighted by Crippen LogP contribution is -2.53. The van der Waals surface area contributed by atoms with Crippen LogP contribution < -0.4 is 16.5 Å². The summed E-state index contributed by atoms with van der Waals surface area (Å²) in [4.78, 5) is 4.28. The molecule has 0 radical (unpaired) electrons. The van der Waals surface area contributed by atoms with Crippen LogP contribution in [-0.2, 0) is 0 Å². The topological polar surface area (TPSA) is 59.8 Å². The van der Waals surface area contributed by atoms with Crippen molar-refractivity contribution in [2.75, 3.05) is 54.4 Å². The van der Waals surface area contributed by atoms with Gasteiger partial charge in [0, 0.05) is 13.1 Å². The fourth-order valence-electron chi connectivity index (χ4n) is 1.57. The monoisotopic (exact) mass is 320 g/mol. The van der Waals surface area contributed by atoms with E-state index in [9.17, 15) is 0 Å². The van der Waals surface area contributed by atoms with E-state index in [4.69, 9.17) is 30.2 Å². The van der Waals surface area contributed by atoms with E-state index in [1.807, 2.05) is 14.1 Å². The predicted octanol–water partition coefficient (Wildman–Crippen LogP) is -0.185. The maximum Gasteiger partial charge on any atom is 0.187 e. The zero-order valence-electron chi connectivity index (χ0n) is 13.0. The Morgan fingerprint density at radius 2 is 1.50 bits per heavy atom. The number of nitrogens with zero attached hydrogens (tertiary/aromatic N) is 3. The van der Waals surface area contributed by atoms with Gasteiger partial charge in [-0.15, -0.1) is 0 Å². The molecule has 0 aromatic rings. The molecule has 0 aromatic heterocycles. The lowest BCUT2D eigenvalue weighted by atomic mass is 10.4. The zero-order valence-corrected chi connectivity index (χ0v) is 14.6. The van der Waals surface area contributed by atoms with Crippen LogP contribution in [0.1, 0.15) is 12.8 Å². The molecule has 0 saturated heterocycles. The second-order valence-corrected chi connectivity index (χ2v) is 6.00. The van der Waals surface area contributed by atoms with Crippen molar-refractivity contribution in [2.24, 2.45) is 5.73 Å². The van der Waals surface area contributed by atoms with Crippen molar-refractivity contribution in [3.8, 4) is 0 Å². The van der Waals surface area contributed by atoms with Crippen molar-refractivity contribution in [2.45, 2.75) is 12.8 Å². The van der Waals surface area contributed by atoms with Crippen LogP contribution in [0.25, 0.3) is 0 Å². The molecule has 0 unspecified atom stereocenters. The predicted molar refractivity (Wildman–Crippen MR) is 93.6 cm³/mol. The normalized spacial score (nSPS) is 10.7. The smallest absolute Gasteiger partial charge is 0.187 e. The Morgan fingerprint density at radius 3 is 2.00 bits per heavy atom. The molecular formula is C12H28N6S2. The maximum absolute atomic E-state index is 5.53. The van der Waals surface area contributed by atoms with Crippen LogP contribution in [0.3, 0.4) is 0 Å². The van der Waals surface area contributed by atoms with Crippen LogP contribution in [-0.4, -0.2) is 79.4 Å². The average Bonchev–Trinajstić information content (AvgIpc) is 2.32. The third kappa shape index (κ3) is 11.2. The van der Waals surface area contributed by atoms with E-state index >= 15 is 0 Å². The Labute approximate surface area is 133 Å². The molecule has 0 aliphatic carbocycles. The molecule has 4 N–H and O–H groups in total. The molecule has 0 saturated carbocycles. The van der Waals surface area contributed by atoms with Crippen LogP contribution in [0.5, 0.6) is 0 Å². The van der Waals surface area contributed by atoms with Crippen LogP contribution in [0.15, 0.2) is 0 Å². The molecule has 0 aliphatic heterocycles. The summed E-state index contributed by atoms with van der Waals surface area (Å²) in [7, 11) is 8.20. The van der Waals surface area contributed by atoms with E-state index in [0.29, 0.717) is 5.11 Å². The van der Waals surface area contributed by atoms with Gasteiger partial charge in [-0.1, -0.05) is 0 Å². The highest BCUT2D eigenvalue weighted by atomic mass is 32.1. The van der Waals surface area contributed by atoms with Gasteiger partial charge in [0.05, 0.1) is 0 Å². The van der Waals surface area contributed by atoms with Crippen molar-refractivity contribution in [3.63, 3.8) is 0 Å². The van der Waals surface area contributed by atoms with E-state index in [1.54, 1.807) is 5.01 Å². The number of hydrazine groups is 1. The highest BCUT2D eigenvalue weighted by molar-refractivity contribution is 7.80. The fraction of sp³-hybridized carbons (Fsp3) is 0.833. The molecular weight excluding hydrogens is 292 g/mol. The second kappa shape index (κ2) is 11.0. The molecule has 0 rings (SSSR count). The molecule has 8 heteroatoms. The first-order valence-electron chi connectivity index (χ1n) is 6.74. The average molecular weight is 321 g/mol. The molecule has 20 heavy (non-hydrogen) atoms. The van der Waals surface area contributed by atoms with Gasteiger partial charge >= 0.3 is 0 Å². The quantitative estimate of drug-likeness (QED) is 0.323. The molecule has 0 aliphatic rings. The van der Waals surface area contributed by atoms with Crippen molar-refractivity contribution >= 4 is 34.7 Å². The Bertz CT molecular complexity index is 296. The second-order valence-electron chi connectivity index (χ2n) is 5.17. The first-order chi connectivity index (χ1) is 9.32. The molecule has 0 atom stereocenters. The summed E-state index contributed by atoms with van der Waals surface area (Å²) in [5, 5.41) is 5.89. The Kier molecular flexibility index (Phi) is 10.6. The largest absolute Gasteiger partial charge is 0.375 e. The van der Waals surface area contributed by atoms with E-state index in [0.717, 1.165) is 39.0 Å². The van der Waals surface area contributed by atoms with Crippen LogP contribution in [0, 0.1) is 0 Å². The van der Waals surface area contributed by atoms with Crippen LogP contribution in [0.2, 0.25) is 0 Å². The third-order valence-electron chi connectivity index (χ3n) is 2.54. The van der Waals surface area contributed by atoms with Gasteiger partial charge in [0.1, 0.15) is 0 Å². The van der Waals surface area contributed by atoms with Gasteiger partial charge < -0.3 is 20.9 Å². The van der Waals surface area contributed by atoms with Crippen LogP contribution >= 0.6 is 24.4 Å². The molecule has 0 bridgehead atoms. The maximum atomic E-state index is 5.53. The molecule has 0 spiro atoms. The highest BCUT2D eigenvalue weighted by Crippen LogP contribution is 1.92. The summed E-state index contributed by atoms with van der Waals surface area (Å²) in [6, 6.07) is 0. The molecule has 0 fully saturated rings. The molecule has 118 valence electrons. The van der Waals surface area contributed by atoms with Gasteiger partial charge in [-0.25, -0.2) is 0 Å². The number of rotatable bonds is 8. The van der Waals surface area contributed by atoms with Gasteiger partial charge in [0.15, 0.2) is 10.2 Å². The summed E-state index contributed by atoms with van der Waals surface area (Å²) in [6.07, 6.45) is 2.01. The Balaban J connectivity index is 4.10. The number of thiocarbonyl (C=S) groups is 2. The van der Waals surface area contributed by atoms with Gasteiger partial charge in [0.2, 0.25) is 0 Å². The van der Waals surface area contributed by atoms with Crippen molar-refractivity contribution in [1.82, 2.24) is 25.6 Å². The minimum absolute atomic E-state index is 0.229. The summed E-state index contributed by atoms with van der Waals surface area (Å²) in [5.41, 5.74) is 8.44. The molecule has 0 heterocycles. The Morgan fingerprint density at radius 1 is 0.950 bits per heavy atom. The first-order valence-corrected chi connectivity index (χ1v) is 7.55.